The normalized spacial score (nSPS) is 24.5. The summed E-state index contributed by atoms with van der Waals surface area (Å²) in [7, 11) is 0. The minimum absolute atomic E-state index is 0.148. The Morgan fingerprint density at radius 1 is 0.794 bits per heavy atom. The smallest absolute Gasteiger partial charge is 0.343 e. The van der Waals surface area contributed by atoms with Gasteiger partial charge in [0.15, 0.2) is 0 Å². The second kappa shape index (κ2) is 8.10. The van der Waals surface area contributed by atoms with Gasteiger partial charge in [-0.3, -0.25) is 9.59 Å². The molecule has 1 saturated carbocycles. The van der Waals surface area contributed by atoms with Crippen LogP contribution >= 0.6 is 0 Å². The quantitative estimate of drug-likeness (QED) is 0.243. The molecule has 2 amide bonds. The van der Waals surface area contributed by atoms with Gasteiger partial charge in [0.25, 0.3) is 0 Å². The number of carbonyl (C=O) groups excluding carboxylic acids is 3. The summed E-state index contributed by atoms with van der Waals surface area (Å²) in [6, 6.07) is 24.2. The molecule has 1 heterocycles. The molecule has 3 aromatic rings. The van der Waals surface area contributed by atoms with Crippen LogP contribution in [-0.2, 0) is 16.0 Å². The van der Waals surface area contributed by atoms with Gasteiger partial charge in [0, 0.05) is 0 Å². The highest BCUT2D eigenvalue weighted by molar-refractivity contribution is 6.23. The van der Waals surface area contributed by atoms with Crippen molar-refractivity contribution in [2.75, 3.05) is 4.90 Å². The van der Waals surface area contributed by atoms with Crippen molar-refractivity contribution in [3.63, 3.8) is 0 Å². The number of rotatable bonds is 5. The third kappa shape index (κ3) is 3.45. The van der Waals surface area contributed by atoms with E-state index in [0.29, 0.717) is 17.0 Å². The van der Waals surface area contributed by atoms with Crippen LogP contribution in [0.4, 0.5) is 5.69 Å². The lowest BCUT2D eigenvalue weighted by atomic mass is 9.85. The first-order valence-electron chi connectivity index (χ1n) is 11.6. The maximum atomic E-state index is 13.1. The largest absolute Gasteiger partial charge is 0.423 e. The Kier molecular flexibility index (Phi) is 4.91. The first kappa shape index (κ1) is 20.6. The van der Waals surface area contributed by atoms with Crippen LogP contribution < -0.4 is 9.64 Å². The van der Waals surface area contributed by atoms with Gasteiger partial charge in [-0.15, -0.1) is 0 Å². The van der Waals surface area contributed by atoms with Crippen LogP contribution in [0.2, 0.25) is 0 Å². The molecule has 0 aromatic heterocycles. The van der Waals surface area contributed by atoms with Crippen molar-refractivity contribution in [3.8, 4) is 5.75 Å². The average molecular weight is 450 g/mol. The van der Waals surface area contributed by atoms with Gasteiger partial charge in [0.1, 0.15) is 5.75 Å². The molecule has 4 atom stereocenters. The van der Waals surface area contributed by atoms with Crippen LogP contribution in [0.25, 0.3) is 0 Å². The SMILES string of the molecule is O=C(Oc1ccc(Cc2ccccc2)cc1)c1cccc(N2C(=O)[C@H]3[C@H](C2=O)[C@H]2C=C[C@H]3C2)c1. The molecule has 3 aliphatic rings. The van der Waals surface area contributed by atoms with Crippen molar-refractivity contribution in [2.24, 2.45) is 23.7 Å². The minimum Gasteiger partial charge on any atom is -0.423 e. The number of fused-ring (bicyclic) bond motifs is 5. The molecule has 3 aromatic carbocycles. The summed E-state index contributed by atoms with van der Waals surface area (Å²) in [5, 5.41) is 0. The third-order valence-corrected chi connectivity index (χ3v) is 7.20. The van der Waals surface area contributed by atoms with Crippen molar-refractivity contribution >= 4 is 23.5 Å². The second-order valence-electron chi connectivity index (χ2n) is 9.26. The third-order valence-electron chi connectivity index (χ3n) is 7.20. The van der Waals surface area contributed by atoms with Crippen LogP contribution in [0.5, 0.6) is 5.75 Å². The standard InChI is InChI=1S/C29H23NO4/c31-27-25-20-11-12-21(16-20)26(25)28(32)30(27)23-8-4-7-22(17-23)29(33)34-24-13-9-19(10-14-24)15-18-5-2-1-3-6-18/h1-14,17,20-21,25-26H,15-16H2/t20-,21-,25+,26+/m0/s1. The monoisotopic (exact) mass is 449 g/mol. The Bertz CT molecular complexity index is 1280. The number of allylic oxidation sites excluding steroid dienone is 2. The van der Waals surface area contributed by atoms with E-state index in [1.807, 2.05) is 30.3 Å². The lowest BCUT2D eigenvalue weighted by Gasteiger charge is -2.18. The van der Waals surface area contributed by atoms with Gasteiger partial charge in [-0.05, 0) is 66.1 Å². The Morgan fingerprint density at radius 3 is 2.12 bits per heavy atom. The van der Waals surface area contributed by atoms with E-state index in [1.165, 1.54) is 10.5 Å². The molecule has 1 aliphatic heterocycles. The summed E-state index contributed by atoms with van der Waals surface area (Å²) in [6.07, 6.45) is 5.82. The average Bonchev–Trinajstić information content (AvgIpc) is 3.55. The maximum Gasteiger partial charge on any atom is 0.343 e. The van der Waals surface area contributed by atoms with Crippen molar-refractivity contribution < 1.29 is 19.1 Å². The molecule has 6 rings (SSSR count). The molecule has 0 radical (unpaired) electrons. The number of esters is 1. The molecular formula is C29H23NO4. The summed E-state index contributed by atoms with van der Waals surface area (Å²) >= 11 is 0. The summed E-state index contributed by atoms with van der Waals surface area (Å²) < 4.78 is 5.56. The van der Waals surface area contributed by atoms with Crippen LogP contribution in [0.1, 0.15) is 27.9 Å². The Hall–Kier alpha value is -3.99. The van der Waals surface area contributed by atoms with E-state index >= 15 is 0 Å². The van der Waals surface area contributed by atoms with Crippen molar-refractivity contribution in [2.45, 2.75) is 12.8 Å². The fourth-order valence-electron chi connectivity index (χ4n) is 5.60. The zero-order valence-corrected chi connectivity index (χ0v) is 18.5. The highest BCUT2D eigenvalue weighted by Gasteiger charge is 2.59. The van der Waals surface area contributed by atoms with E-state index in [4.69, 9.17) is 4.74 Å². The molecule has 34 heavy (non-hydrogen) atoms. The Morgan fingerprint density at radius 2 is 1.44 bits per heavy atom. The van der Waals surface area contributed by atoms with Gasteiger partial charge in [-0.2, -0.15) is 0 Å². The Balaban J connectivity index is 1.16. The minimum atomic E-state index is -0.529. The predicted octanol–water partition coefficient (Wildman–Crippen LogP) is 4.81. The van der Waals surface area contributed by atoms with Gasteiger partial charge < -0.3 is 4.74 Å². The fourth-order valence-corrected chi connectivity index (χ4v) is 5.60. The first-order valence-corrected chi connectivity index (χ1v) is 11.6. The van der Waals surface area contributed by atoms with Gasteiger partial charge in [0.2, 0.25) is 11.8 Å². The lowest BCUT2D eigenvalue weighted by Crippen LogP contribution is -2.33. The summed E-state index contributed by atoms with van der Waals surface area (Å²) in [4.78, 5) is 40.2. The van der Waals surface area contributed by atoms with Crippen LogP contribution in [0, 0.1) is 23.7 Å². The van der Waals surface area contributed by atoms with E-state index in [9.17, 15) is 14.4 Å². The number of ether oxygens (including phenoxy) is 1. The highest BCUT2D eigenvalue weighted by atomic mass is 16.5. The Labute approximate surface area is 197 Å². The van der Waals surface area contributed by atoms with Crippen molar-refractivity contribution in [3.05, 3.63) is 108 Å². The van der Waals surface area contributed by atoms with Gasteiger partial charge in [-0.25, -0.2) is 9.69 Å². The molecule has 168 valence electrons. The van der Waals surface area contributed by atoms with E-state index in [0.717, 1.165) is 18.4 Å². The lowest BCUT2D eigenvalue weighted by molar-refractivity contribution is -0.123. The van der Waals surface area contributed by atoms with Crippen molar-refractivity contribution in [1.82, 2.24) is 0 Å². The topological polar surface area (TPSA) is 63.7 Å². The molecular weight excluding hydrogens is 426 g/mol. The predicted molar refractivity (Wildman–Crippen MR) is 127 cm³/mol. The van der Waals surface area contributed by atoms with Gasteiger partial charge in [0.05, 0.1) is 23.1 Å². The molecule has 1 saturated heterocycles. The molecule has 5 nitrogen and oxygen atoms in total. The molecule has 5 heteroatoms. The summed E-state index contributed by atoms with van der Waals surface area (Å²) in [6.45, 7) is 0. The van der Waals surface area contributed by atoms with Crippen LogP contribution in [-0.4, -0.2) is 17.8 Å². The van der Waals surface area contributed by atoms with E-state index in [2.05, 4.69) is 24.3 Å². The first-order chi connectivity index (χ1) is 16.6. The van der Waals surface area contributed by atoms with Crippen molar-refractivity contribution in [1.29, 1.82) is 0 Å². The zero-order valence-electron chi connectivity index (χ0n) is 18.5. The highest BCUT2D eigenvalue weighted by Crippen LogP contribution is 2.53. The summed E-state index contributed by atoms with van der Waals surface area (Å²) in [5.41, 5.74) is 3.05. The molecule has 2 bridgehead atoms. The number of hydrogen-bond donors (Lipinski definition) is 0. The maximum absolute atomic E-state index is 13.1. The zero-order chi connectivity index (χ0) is 23.2. The molecule has 0 spiro atoms. The van der Waals surface area contributed by atoms with E-state index < -0.39 is 5.97 Å². The number of benzene rings is 3. The molecule has 2 aliphatic carbocycles. The number of imide groups is 1. The van der Waals surface area contributed by atoms with E-state index in [1.54, 1.807) is 36.4 Å². The molecule has 0 N–H and O–H groups in total. The fraction of sp³-hybridized carbons (Fsp3) is 0.207. The van der Waals surface area contributed by atoms with Crippen LogP contribution in [0.3, 0.4) is 0 Å². The summed E-state index contributed by atoms with van der Waals surface area (Å²) in [5.74, 6) is -0.655. The van der Waals surface area contributed by atoms with Gasteiger partial charge >= 0.3 is 5.97 Å². The van der Waals surface area contributed by atoms with E-state index in [-0.39, 0.29) is 35.5 Å². The second-order valence-corrected chi connectivity index (χ2v) is 9.26. The number of hydrogen-bond acceptors (Lipinski definition) is 4. The molecule has 0 unspecified atom stereocenters. The number of anilines is 1. The molecule has 2 fully saturated rings. The number of nitrogens with zero attached hydrogens (tertiary/aromatic N) is 1. The van der Waals surface area contributed by atoms with Gasteiger partial charge in [-0.1, -0.05) is 60.7 Å². The number of carbonyl (C=O) groups is 3. The number of amides is 2. The van der Waals surface area contributed by atoms with Crippen LogP contribution in [0.15, 0.2) is 91.0 Å².